The first-order chi connectivity index (χ1) is 7.87. The van der Waals surface area contributed by atoms with Gasteiger partial charge in [-0.15, -0.1) is 11.6 Å². The van der Waals surface area contributed by atoms with Gasteiger partial charge in [-0.05, 0) is 24.7 Å². The normalized spacial score (nSPS) is 20.4. The predicted molar refractivity (Wildman–Crippen MR) is 71.4 cm³/mol. The summed E-state index contributed by atoms with van der Waals surface area (Å²) in [6.07, 6.45) is 1.75. The molecular weight excluding hydrogens is 260 g/mol. The highest BCUT2D eigenvalue weighted by Gasteiger charge is 2.30. The van der Waals surface area contributed by atoms with E-state index < -0.39 is 10.2 Å². The van der Waals surface area contributed by atoms with Crippen LogP contribution in [0, 0.1) is 11.8 Å². The van der Waals surface area contributed by atoms with Crippen LogP contribution in [-0.4, -0.2) is 49.6 Å². The third kappa shape index (κ3) is 4.09. The van der Waals surface area contributed by atoms with Gasteiger partial charge in [0, 0.05) is 32.6 Å². The average Bonchev–Trinajstić information content (AvgIpc) is 2.28. The molecule has 0 spiro atoms. The van der Waals surface area contributed by atoms with Crippen LogP contribution in [0.1, 0.15) is 26.7 Å². The number of hydrogen-bond donors (Lipinski definition) is 0. The summed E-state index contributed by atoms with van der Waals surface area (Å²) in [5.74, 6) is 1.45. The molecule has 1 aliphatic rings. The first kappa shape index (κ1) is 15.2. The van der Waals surface area contributed by atoms with E-state index in [1.807, 2.05) is 13.8 Å². The molecule has 1 fully saturated rings. The molecule has 6 heteroatoms. The molecule has 0 amide bonds. The Bertz CT molecular complexity index is 324. The van der Waals surface area contributed by atoms with Crippen molar-refractivity contribution in [1.29, 1.82) is 0 Å². The summed E-state index contributed by atoms with van der Waals surface area (Å²) in [6.45, 7) is 5.81. The van der Waals surface area contributed by atoms with Gasteiger partial charge in [0.2, 0.25) is 0 Å². The predicted octanol–water partition coefficient (Wildman–Crippen LogP) is 1.77. The van der Waals surface area contributed by atoms with Gasteiger partial charge in [0.25, 0.3) is 10.2 Å². The van der Waals surface area contributed by atoms with Crippen molar-refractivity contribution in [2.75, 3.05) is 32.6 Å². The van der Waals surface area contributed by atoms with Gasteiger partial charge in [-0.3, -0.25) is 0 Å². The molecule has 17 heavy (non-hydrogen) atoms. The molecule has 4 nitrogen and oxygen atoms in total. The quantitative estimate of drug-likeness (QED) is 0.721. The fourth-order valence-electron chi connectivity index (χ4n) is 2.10. The van der Waals surface area contributed by atoms with Crippen molar-refractivity contribution in [2.24, 2.45) is 11.8 Å². The van der Waals surface area contributed by atoms with E-state index in [9.17, 15) is 8.42 Å². The van der Waals surface area contributed by atoms with Crippen LogP contribution in [0.3, 0.4) is 0 Å². The second-order valence-electron chi connectivity index (χ2n) is 5.18. The number of halogens is 1. The maximum absolute atomic E-state index is 12.2. The lowest BCUT2D eigenvalue weighted by molar-refractivity contribution is 0.268. The lowest BCUT2D eigenvalue weighted by Crippen LogP contribution is -2.46. The Morgan fingerprint density at radius 1 is 1.35 bits per heavy atom. The maximum Gasteiger partial charge on any atom is 0.281 e. The third-order valence-electron chi connectivity index (χ3n) is 3.13. The van der Waals surface area contributed by atoms with Crippen molar-refractivity contribution in [3.8, 4) is 0 Å². The van der Waals surface area contributed by atoms with Crippen LogP contribution < -0.4 is 0 Å². The summed E-state index contributed by atoms with van der Waals surface area (Å²) < 4.78 is 27.5. The Labute approximate surface area is 110 Å². The molecular formula is C11H23ClN2O2S. The van der Waals surface area contributed by atoms with Crippen LogP contribution in [0.15, 0.2) is 0 Å². The molecule has 1 aliphatic heterocycles. The van der Waals surface area contributed by atoms with Crippen molar-refractivity contribution in [2.45, 2.75) is 26.7 Å². The van der Waals surface area contributed by atoms with Gasteiger partial charge in [0.1, 0.15) is 0 Å². The molecule has 0 aromatic heterocycles. The second-order valence-corrected chi connectivity index (χ2v) is 7.52. The monoisotopic (exact) mass is 282 g/mol. The van der Waals surface area contributed by atoms with Crippen molar-refractivity contribution in [1.82, 2.24) is 8.61 Å². The first-order valence-electron chi connectivity index (χ1n) is 6.15. The number of hydrogen-bond acceptors (Lipinski definition) is 2. The highest BCUT2D eigenvalue weighted by molar-refractivity contribution is 7.86. The number of alkyl halides is 1. The molecule has 0 bridgehead atoms. The van der Waals surface area contributed by atoms with Crippen LogP contribution in [0.4, 0.5) is 0 Å². The zero-order valence-corrected chi connectivity index (χ0v) is 12.5. The lowest BCUT2D eigenvalue weighted by Gasteiger charge is -2.33. The van der Waals surface area contributed by atoms with Crippen LogP contribution in [0.2, 0.25) is 0 Å². The molecule has 1 rings (SSSR count). The number of rotatable bonds is 5. The molecule has 0 atom stereocenters. The van der Waals surface area contributed by atoms with E-state index in [-0.39, 0.29) is 0 Å². The minimum atomic E-state index is -3.27. The van der Waals surface area contributed by atoms with Gasteiger partial charge >= 0.3 is 0 Å². The summed E-state index contributed by atoms with van der Waals surface area (Å²) >= 11 is 5.80. The first-order valence-corrected chi connectivity index (χ1v) is 8.08. The van der Waals surface area contributed by atoms with Crippen LogP contribution in [-0.2, 0) is 10.2 Å². The molecule has 0 aromatic rings. The Balaban J connectivity index is 2.59. The van der Waals surface area contributed by atoms with E-state index in [2.05, 4.69) is 0 Å². The Morgan fingerprint density at radius 2 is 1.88 bits per heavy atom. The summed E-state index contributed by atoms with van der Waals surface area (Å²) in [5, 5.41) is 0. The summed E-state index contributed by atoms with van der Waals surface area (Å²) in [5.41, 5.74) is 0. The van der Waals surface area contributed by atoms with Gasteiger partial charge in [-0.1, -0.05) is 13.8 Å². The topological polar surface area (TPSA) is 40.6 Å². The standard InChI is InChI=1S/C11H23ClN2O2S/c1-10(2)9-13(3)17(15,16)14-6-4-11(8-12)5-7-14/h10-11H,4-9H2,1-3H3. The lowest BCUT2D eigenvalue weighted by atomic mass is 10.0. The van der Waals surface area contributed by atoms with Crippen LogP contribution in [0.25, 0.3) is 0 Å². The van der Waals surface area contributed by atoms with Crippen molar-refractivity contribution in [3.05, 3.63) is 0 Å². The number of piperidine rings is 1. The van der Waals surface area contributed by atoms with Crippen molar-refractivity contribution in [3.63, 3.8) is 0 Å². The van der Waals surface area contributed by atoms with Crippen LogP contribution >= 0.6 is 11.6 Å². The molecule has 0 saturated carbocycles. The fourth-order valence-corrected chi connectivity index (χ4v) is 3.96. The van der Waals surface area contributed by atoms with E-state index in [0.717, 1.165) is 12.8 Å². The summed E-state index contributed by atoms with van der Waals surface area (Å²) in [6, 6.07) is 0. The molecule has 0 radical (unpaired) electrons. The highest BCUT2D eigenvalue weighted by atomic mass is 35.5. The molecule has 1 saturated heterocycles. The van der Waals surface area contributed by atoms with Gasteiger partial charge in [0.15, 0.2) is 0 Å². The SMILES string of the molecule is CC(C)CN(C)S(=O)(=O)N1CCC(CCl)CC1. The van der Waals surface area contributed by atoms with E-state index in [1.54, 1.807) is 11.4 Å². The van der Waals surface area contributed by atoms with Gasteiger partial charge in [0.05, 0.1) is 0 Å². The average molecular weight is 283 g/mol. The minimum Gasteiger partial charge on any atom is -0.195 e. The fraction of sp³-hybridized carbons (Fsp3) is 1.00. The largest absolute Gasteiger partial charge is 0.281 e. The van der Waals surface area contributed by atoms with E-state index in [1.165, 1.54) is 4.31 Å². The Kier molecular flexibility index (Phi) is 5.70. The van der Waals surface area contributed by atoms with Crippen LogP contribution in [0.5, 0.6) is 0 Å². The third-order valence-corrected chi connectivity index (χ3v) is 5.53. The summed E-state index contributed by atoms with van der Waals surface area (Å²) in [4.78, 5) is 0. The number of nitrogens with zero attached hydrogens (tertiary/aromatic N) is 2. The van der Waals surface area contributed by atoms with Gasteiger partial charge in [-0.25, -0.2) is 0 Å². The molecule has 0 N–H and O–H groups in total. The Hall–Kier alpha value is 0.160. The van der Waals surface area contributed by atoms with E-state index >= 15 is 0 Å². The van der Waals surface area contributed by atoms with Crippen molar-refractivity contribution < 1.29 is 8.42 Å². The Morgan fingerprint density at radius 3 is 2.29 bits per heavy atom. The molecule has 0 aliphatic carbocycles. The minimum absolute atomic E-state index is 0.343. The molecule has 102 valence electrons. The van der Waals surface area contributed by atoms with E-state index in [0.29, 0.717) is 37.4 Å². The second kappa shape index (κ2) is 6.36. The highest BCUT2D eigenvalue weighted by Crippen LogP contribution is 2.22. The van der Waals surface area contributed by atoms with Gasteiger partial charge in [-0.2, -0.15) is 17.0 Å². The van der Waals surface area contributed by atoms with Gasteiger partial charge < -0.3 is 0 Å². The molecule has 0 unspecified atom stereocenters. The maximum atomic E-state index is 12.2. The molecule has 1 heterocycles. The summed E-state index contributed by atoms with van der Waals surface area (Å²) in [7, 11) is -1.61. The zero-order chi connectivity index (χ0) is 13.1. The van der Waals surface area contributed by atoms with E-state index in [4.69, 9.17) is 11.6 Å². The zero-order valence-electron chi connectivity index (χ0n) is 10.9. The molecule has 0 aromatic carbocycles. The smallest absolute Gasteiger partial charge is 0.195 e. The van der Waals surface area contributed by atoms with Crippen molar-refractivity contribution >= 4 is 21.8 Å².